The second kappa shape index (κ2) is 10.9. The average molecular weight is 650 g/mol. The Labute approximate surface area is 219 Å². The molecule has 0 aliphatic heterocycles. The molecule has 0 spiro atoms. The van der Waals surface area contributed by atoms with Crippen LogP contribution in [0.15, 0.2) is 24.3 Å². The molecule has 0 atom stereocenters. The maximum atomic E-state index is 13.4. The third kappa shape index (κ3) is 7.84. The Morgan fingerprint density at radius 1 is 0.429 bits per heavy atom. The van der Waals surface area contributed by atoms with Crippen molar-refractivity contribution in [2.24, 2.45) is 0 Å². The molecule has 42 heavy (non-hydrogen) atoms. The van der Waals surface area contributed by atoms with Gasteiger partial charge in [0, 0.05) is 11.1 Å². The second-order valence-corrected chi connectivity index (χ2v) is 7.84. The normalized spacial score (nSPS) is 13.8. The van der Waals surface area contributed by atoms with Gasteiger partial charge >= 0.3 is 43.2 Å². The Morgan fingerprint density at radius 2 is 0.667 bits per heavy atom. The van der Waals surface area contributed by atoms with Gasteiger partial charge in [-0.15, -0.1) is 0 Å². The van der Waals surface area contributed by atoms with E-state index in [1.165, 1.54) is 0 Å². The van der Waals surface area contributed by atoms with Gasteiger partial charge in [0.2, 0.25) is 0 Å². The summed E-state index contributed by atoms with van der Waals surface area (Å²) in [7, 11) is 0. The zero-order valence-electron chi connectivity index (χ0n) is 19.3. The van der Waals surface area contributed by atoms with Crippen molar-refractivity contribution in [1.82, 2.24) is 0 Å². The molecule has 0 heterocycles. The first kappa shape index (κ1) is 34.7. The second-order valence-electron chi connectivity index (χ2n) is 7.84. The standard InChI is InChI=1S/C21H8F18O3/c22-16(23,24)9-1-3-11(18(28,29)30)13(20(34,35)36)7(9)5-41-15(40)42-6-8-10(17(25,26)27)2-4-12(19(31,32)33)14(8)21(37,38)39/h1-4H,5-6H2. The highest BCUT2D eigenvalue weighted by molar-refractivity contribution is 5.61. The number of hydrogen-bond donors (Lipinski definition) is 0. The molecule has 0 aliphatic rings. The summed E-state index contributed by atoms with van der Waals surface area (Å²) in [5.41, 5.74) is -21.0. The fourth-order valence-electron chi connectivity index (χ4n) is 3.55. The van der Waals surface area contributed by atoms with Crippen LogP contribution in [-0.2, 0) is 59.7 Å². The minimum absolute atomic E-state index is 0.476. The molecular weight excluding hydrogens is 642 g/mol. The van der Waals surface area contributed by atoms with Crippen molar-refractivity contribution >= 4 is 6.16 Å². The van der Waals surface area contributed by atoms with Crippen molar-refractivity contribution in [3.63, 3.8) is 0 Å². The van der Waals surface area contributed by atoms with Gasteiger partial charge < -0.3 is 9.47 Å². The zero-order valence-corrected chi connectivity index (χ0v) is 19.3. The van der Waals surface area contributed by atoms with E-state index in [0.717, 1.165) is 0 Å². The SMILES string of the molecule is O=C(OCc1c(C(F)(F)F)ccc(C(F)(F)F)c1C(F)(F)F)OCc1c(C(F)(F)F)ccc(C(F)(F)F)c1C(F)(F)F. The predicted molar refractivity (Wildman–Crippen MR) is 97.9 cm³/mol. The molecular formula is C21H8F18O3. The molecule has 2 aromatic rings. The van der Waals surface area contributed by atoms with Crippen molar-refractivity contribution in [2.45, 2.75) is 50.3 Å². The van der Waals surface area contributed by atoms with E-state index < -0.39 is 125 Å². The topological polar surface area (TPSA) is 35.5 Å². The van der Waals surface area contributed by atoms with E-state index in [0.29, 0.717) is 0 Å². The van der Waals surface area contributed by atoms with E-state index in [1.807, 2.05) is 0 Å². The van der Waals surface area contributed by atoms with E-state index in [2.05, 4.69) is 9.47 Å². The number of halogens is 18. The predicted octanol–water partition coefficient (Wildman–Crippen LogP) is 9.65. The quantitative estimate of drug-likeness (QED) is 0.244. The van der Waals surface area contributed by atoms with Crippen LogP contribution >= 0.6 is 0 Å². The molecule has 236 valence electrons. The first-order valence-corrected chi connectivity index (χ1v) is 10.1. The number of alkyl halides is 18. The molecule has 3 nitrogen and oxygen atoms in total. The summed E-state index contributed by atoms with van der Waals surface area (Å²) in [4.78, 5) is 11.8. The molecule has 0 aromatic heterocycles. The molecule has 2 rings (SSSR count). The Hall–Kier alpha value is -3.55. The molecule has 0 fully saturated rings. The minimum Gasteiger partial charge on any atom is -0.429 e. The van der Waals surface area contributed by atoms with Gasteiger partial charge in [0.1, 0.15) is 13.2 Å². The van der Waals surface area contributed by atoms with Crippen LogP contribution in [0.3, 0.4) is 0 Å². The van der Waals surface area contributed by atoms with Crippen LogP contribution in [0.2, 0.25) is 0 Å². The average Bonchev–Trinajstić information content (AvgIpc) is 2.76. The molecule has 0 radical (unpaired) electrons. The zero-order chi connectivity index (χ0) is 32.9. The lowest BCUT2D eigenvalue weighted by Gasteiger charge is -2.23. The highest BCUT2D eigenvalue weighted by atomic mass is 19.4. The van der Waals surface area contributed by atoms with E-state index in [1.54, 1.807) is 0 Å². The van der Waals surface area contributed by atoms with Crippen molar-refractivity contribution in [2.75, 3.05) is 0 Å². The lowest BCUT2D eigenvalue weighted by molar-refractivity contribution is -0.165. The van der Waals surface area contributed by atoms with Gasteiger partial charge in [0.25, 0.3) is 0 Å². The summed E-state index contributed by atoms with van der Waals surface area (Å²) in [6, 6.07) is -2.15. The van der Waals surface area contributed by atoms with Crippen LogP contribution in [0.25, 0.3) is 0 Å². The van der Waals surface area contributed by atoms with Crippen LogP contribution < -0.4 is 0 Å². The van der Waals surface area contributed by atoms with Crippen molar-refractivity contribution in [1.29, 1.82) is 0 Å². The van der Waals surface area contributed by atoms with Gasteiger partial charge in [0.15, 0.2) is 0 Å². The summed E-state index contributed by atoms with van der Waals surface area (Å²) >= 11 is 0. The maximum absolute atomic E-state index is 13.4. The molecule has 0 N–H and O–H groups in total. The van der Waals surface area contributed by atoms with Gasteiger partial charge in [-0.05, 0) is 24.3 Å². The smallest absolute Gasteiger partial charge is 0.429 e. The Kier molecular flexibility index (Phi) is 9.02. The molecule has 21 heteroatoms. The monoisotopic (exact) mass is 650 g/mol. The fraction of sp³-hybridized carbons (Fsp3) is 0.381. The summed E-state index contributed by atoms with van der Waals surface area (Å²) in [6.45, 7) is -4.76. The van der Waals surface area contributed by atoms with E-state index >= 15 is 0 Å². The lowest BCUT2D eigenvalue weighted by atomic mass is 9.94. The van der Waals surface area contributed by atoms with Crippen molar-refractivity contribution in [3.8, 4) is 0 Å². The van der Waals surface area contributed by atoms with Gasteiger partial charge in [-0.3, -0.25) is 0 Å². The number of rotatable bonds is 4. The molecule has 0 unspecified atom stereocenters. The molecule has 0 aliphatic carbocycles. The highest BCUT2D eigenvalue weighted by Crippen LogP contribution is 2.48. The number of ether oxygens (including phenoxy) is 2. The first-order valence-electron chi connectivity index (χ1n) is 10.1. The summed E-state index contributed by atoms with van der Waals surface area (Å²) < 4.78 is 246. The lowest BCUT2D eigenvalue weighted by Crippen LogP contribution is -2.25. The fourth-order valence-corrected chi connectivity index (χ4v) is 3.55. The first-order chi connectivity index (χ1) is 18.6. The summed E-state index contributed by atoms with van der Waals surface area (Å²) in [5.74, 6) is 0. The largest absolute Gasteiger partial charge is 0.508 e. The summed E-state index contributed by atoms with van der Waals surface area (Å²) in [5, 5.41) is 0. The number of carbonyl (C=O) groups is 1. The minimum atomic E-state index is -6.20. The third-order valence-electron chi connectivity index (χ3n) is 5.08. The van der Waals surface area contributed by atoms with Crippen LogP contribution in [0.4, 0.5) is 83.8 Å². The molecule has 0 amide bonds. The third-order valence-corrected chi connectivity index (χ3v) is 5.08. The van der Waals surface area contributed by atoms with E-state index in [4.69, 9.17) is 0 Å². The van der Waals surface area contributed by atoms with Gasteiger partial charge in [0.05, 0.1) is 33.4 Å². The van der Waals surface area contributed by atoms with Crippen molar-refractivity contribution < 1.29 is 93.3 Å². The number of carbonyl (C=O) groups excluding carboxylic acids is 1. The molecule has 2 aromatic carbocycles. The van der Waals surface area contributed by atoms with Crippen LogP contribution in [-0.4, -0.2) is 6.16 Å². The number of benzene rings is 2. The van der Waals surface area contributed by atoms with Gasteiger partial charge in [-0.2, -0.15) is 79.0 Å². The maximum Gasteiger partial charge on any atom is 0.508 e. The Morgan fingerprint density at radius 3 is 0.881 bits per heavy atom. The van der Waals surface area contributed by atoms with Crippen molar-refractivity contribution in [3.05, 3.63) is 68.8 Å². The van der Waals surface area contributed by atoms with Crippen LogP contribution in [0, 0.1) is 0 Å². The van der Waals surface area contributed by atoms with E-state index in [9.17, 15) is 83.8 Å². The van der Waals surface area contributed by atoms with Crippen LogP contribution in [0.5, 0.6) is 0 Å². The van der Waals surface area contributed by atoms with Crippen LogP contribution in [0.1, 0.15) is 44.5 Å². The Balaban J connectivity index is 2.57. The summed E-state index contributed by atoms with van der Waals surface area (Å²) in [6.07, 6.45) is -38.6. The number of hydrogen-bond acceptors (Lipinski definition) is 3. The molecule has 0 saturated carbocycles. The van der Waals surface area contributed by atoms with Gasteiger partial charge in [-0.1, -0.05) is 0 Å². The van der Waals surface area contributed by atoms with E-state index in [-0.39, 0.29) is 0 Å². The molecule has 0 saturated heterocycles. The van der Waals surface area contributed by atoms with Gasteiger partial charge in [-0.25, -0.2) is 4.79 Å². The Bertz CT molecular complexity index is 1210. The highest BCUT2D eigenvalue weighted by Gasteiger charge is 2.50. The molecule has 0 bridgehead atoms.